The van der Waals surface area contributed by atoms with Crippen molar-refractivity contribution in [2.45, 2.75) is 18.3 Å². The number of nitrogens with one attached hydrogen (secondary N) is 1. The zero-order valence-corrected chi connectivity index (χ0v) is 14.5. The summed E-state index contributed by atoms with van der Waals surface area (Å²) in [4.78, 5) is 0. The molecule has 1 atom stereocenters. The van der Waals surface area contributed by atoms with Crippen LogP contribution in [-0.4, -0.2) is 28.1 Å². The van der Waals surface area contributed by atoms with Gasteiger partial charge in [0.1, 0.15) is 17.3 Å². The normalized spacial score (nSPS) is 19.9. The topological polar surface area (TPSA) is 65.0 Å². The first-order chi connectivity index (χ1) is 11.9. The maximum Gasteiger partial charge on any atom is 0.206 e. The Morgan fingerprint density at radius 2 is 1.92 bits per heavy atom. The number of para-hydroxylation sites is 1. The average Bonchev–Trinajstić information content (AvgIpc) is 2.57. The van der Waals surface area contributed by atoms with Gasteiger partial charge in [-0.1, -0.05) is 22.9 Å². The molecule has 0 saturated carbocycles. The smallest absolute Gasteiger partial charge is 0.206 e. The number of hydrogen-bond donors (Lipinski definition) is 3. The highest BCUT2D eigenvalue weighted by atomic mass is 32.3. The summed E-state index contributed by atoms with van der Waals surface area (Å²) in [7, 11) is -1.74. The molecule has 0 fully saturated rings. The van der Waals surface area contributed by atoms with Gasteiger partial charge in [0, 0.05) is 12.5 Å². The van der Waals surface area contributed by atoms with Crippen molar-refractivity contribution in [3.8, 4) is 5.75 Å². The van der Waals surface area contributed by atoms with Crippen molar-refractivity contribution < 1.29 is 22.6 Å². The third-order valence-electron chi connectivity index (χ3n) is 3.96. The van der Waals surface area contributed by atoms with E-state index < -0.39 is 27.8 Å². The predicted octanol–water partition coefficient (Wildman–Crippen LogP) is 4.49. The Balaban J connectivity index is 2.08. The summed E-state index contributed by atoms with van der Waals surface area (Å²) >= 11 is 0. The molecular formula is C17H20F2N2O3S. The van der Waals surface area contributed by atoms with E-state index in [4.69, 9.17) is 4.74 Å². The average molecular weight is 370 g/mol. The largest absolute Gasteiger partial charge is 0.466 e. The summed E-state index contributed by atoms with van der Waals surface area (Å²) in [5, 5.41) is 2.97. The van der Waals surface area contributed by atoms with Crippen LogP contribution in [0.4, 0.5) is 20.2 Å². The first kappa shape index (κ1) is 17.9. The van der Waals surface area contributed by atoms with Gasteiger partial charge in [0.05, 0.1) is 5.69 Å². The predicted molar refractivity (Wildman–Crippen MR) is 95.4 cm³/mol. The first-order valence-electron chi connectivity index (χ1n) is 7.88. The number of hydrogen-bond acceptors (Lipinski definition) is 5. The van der Waals surface area contributed by atoms with E-state index in [2.05, 4.69) is 5.32 Å². The second-order valence-corrected chi connectivity index (χ2v) is 7.73. The molecule has 8 heteroatoms. The van der Waals surface area contributed by atoms with Gasteiger partial charge in [0.2, 0.25) is 5.44 Å². The second-order valence-electron chi connectivity index (χ2n) is 5.71. The molecule has 0 saturated heterocycles. The quantitative estimate of drug-likeness (QED) is 0.677. The van der Waals surface area contributed by atoms with E-state index in [0.29, 0.717) is 19.4 Å². The molecule has 2 aromatic carbocycles. The van der Waals surface area contributed by atoms with E-state index in [9.17, 15) is 17.9 Å². The maximum atomic E-state index is 14.3. The third-order valence-corrected chi connectivity index (χ3v) is 5.93. The highest BCUT2D eigenvalue weighted by Gasteiger charge is 2.42. The monoisotopic (exact) mass is 370 g/mol. The minimum atomic E-state index is -3.53. The molecule has 3 N–H and O–H groups in total. The molecule has 1 heterocycles. The zero-order valence-electron chi connectivity index (χ0n) is 13.7. The summed E-state index contributed by atoms with van der Waals surface area (Å²) < 4.78 is 56.5. The molecule has 0 aromatic heterocycles. The van der Waals surface area contributed by atoms with Crippen LogP contribution in [0.5, 0.6) is 5.75 Å². The van der Waals surface area contributed by atoms with Crippen LogP contribution in [0.15, 0.2) is 42.5 Å². The van der Waals surface area contributed by atoms with Gasteiger partial charge in [-0.05, 0) is 44.3 Å². The van der Waals surface area contributed by atoms with Gasteiger partial charge in [-0.25, -0.2) is 13.1 Å². The Morgan fingerprint density at radius 3 is 2.64 bits per heavy atom. The highest BCUT2D eigenvalue weighted by molar-refractivity contribution is 8.26. The SMILES string of the molecule is CNCCCC1Oc2cc(F)ccc2N(c2ccccc2F)S1(O)O. The lowest BCUT2D eigenvalue weighted by atomic mass is 10.2. The number of ether oxygens (including phenoxy) is 1. The Kier molecular flexibility index (Phi) is 5.14. The van der Waals surface area contributed by atoms with Gasteiger partial charge < -0.3 is 10.1 Å². The maximum absolute atomic E-state index is 14.3. The second kappa shape index (κ2) is 7.17. The molecule has 0 bridgehead atoms. The van der Waals surface area contributed by atoms with Gasteiger partial charge in [0.25, 0.3) is 0 Å². The fourth-order valence-corrected chi connectivity index (χ4v) is 4.60. The van der Waals surface area contributed by atoms with Crippen LogP contribution in [0, 0.1) is 11.6 Å². The fraction of sp³-hybridized carbons (Fsp3) is 0.294. The number of nitrogens with zero attached hydrogens (tertiary/aromatic N) is 1. The van der Waals surface area contributed by atoms with Gasteiger partial charge in [-0.3, -0.25) is 9.11 Å². The number of anilines is 2. The molecule has 0 amide bonds. The van der Waals surface area contributed by atoms with Crippen molar-refractivity contribution in [1.29, 1.82) is 0 Å². The number of halogens is 2. The minimum absolute atomic E-state index is 0.0114. The van der Waals surface area contributed by atoms with Crippen LogP contribution in [0.1, 0.15) is 12.8 Å². The molecule has 0 spiro atoms. The van der Waals surface area contributed by atoms with Crippen LogP contribution < -0.4 is 14.4 Å². The number of fused-ring (bicyclic) bond motifs is 1. The van der Waals surface area contributed by atoms with E-state index in [1.165, 1.54) is 36.4 Å². The minimum Gasteiger partial charge on any atom is -0.466 e. The molecule has 136 valence electrons. The lowest BCUT2D eigenvalue weighted by molar-refractivity contribution is 0.234. The molecule has 2 aromatic rings. The molecule has 1 unspecified atom stereocenters. The van der Waals surface area contributed by atoms with Gasteiger partial charge in [0.15, 0.2) is 5.75 Å². The molecule has 0 aliphatic carbocycles. The van der Waals surface area contributed by atoms with E-state index in [-0.39, 0.29) is 17.1 Å². The lowest BCUT2D eigenvalue weighted by Gasteiger charge is -2.51. The summed E-state index contributed by atoms with van der Waals surface area (Å²) in [5.74, 6) is -0.961. The lowest BCUT2D eigenvalue weighted by Crippen LogP contribution is -2.39. The zero-order chi connectivity index (χ0) is 18.0. The van der Waals surface area contributed by atoms with Crippen molar-refractivity contribution >= 4 is 22.2 Å². The van der Waals surface area contributed by atoms with Crippen molar-refractivity contribution in [3.63, 3.8) is 0 Å². The van der Waals surface area contributed by atoms with Crippen LogP contribution in [0.3, 0.4) is 0 Å². The Hall–Kier alpha value is -1.87. The van der Waals surface area contributed by atoms with E-state index >= 15 is 0 Å². The highest BCUT2D eigenvalue weighted by Crippen LogP contribution is 2.61. The summed E-state index contributed by atoms with van der Waals surface area (Å²) in [6.45, 7) is 0.658. The van der Waals surface area contributed by atoms with Crippen LogP contribution in [0.2, 0.25) is 0 Å². The molecule has 5 nitrogen and oxygen atoms in total. The Labute approximate surface area is 146 Å². The summed E-state index contributed by atoms with van der Waals surface area (Å²) in [5.41, 5.74) is -0.761. The van der Waals surface area contributed by atoms with Crippen molar-refractivity contribution in [1.82, 2.24) is 5.32 Å². The van der Waals surface area contributed by atoms with Crippen LogP contribution in [0.25, 0.3) is 0 Å². The molecule has 1 aliphatic heterocycles. The standard InChI is InChI=1S/C17H20F2N2O3S/c1-20-10-4-7-17-24-16-11-12(18)8-9-15(16)21(25(17,22)23)14-6-3-2-5-13(14)19/h2-3,5-6,8-9,11,17,20,22-23H,4,7,10H2,1H3. The number of rotatable bonds is 5. The van der Waals surface area contributed by atoms with Crippen molar-refractivity contribution in [2.24, 2.45) is 0 Å². The summed E-state index contributed by atoms with van der Waals surface area (Å²) in [6, 6.07) is 9.50. The first-order valence-corrected chi connectivity index (χ1v) is 9.44. The molecule has 1 aliphatic rings. The Morgan fingerprint density at radius 1 is 1.16 bits per heavy atom. The number of benzene rings is 2. The molecule has 0 radical (unpaired) electrons. The van der Waals surface area contributed by atoms with Gasteiger partial charge in [-0.15, -0.1) is 0 Å². The Bertz CT molecular complexity index is 760. The summed E-state index contributed by atoms with van der Waals surface area (Å²) in [6.07, 6.45) is 0.941. The van der Waals surface area contributed by atoms with E-state index in [1.54, 1.807) is 13.1 Å². The fourth-order valence-electron chi connectivity index (χ4n) is 2.77. The molecular weight excluding hydrogens is 350 g/mol. The van der Waals surface area contributed by atoms with Crippen molar-refractivity contribution in [3.05, 3.63) is 54.1 Å². The van der Waals surface area contributed by atoms with E-state index in [0.717, 1.165) is 4.31 Å². The van der Waals surface area contributed by atoms with Crippen molar-refractivity contribution in [2.75, 3.05) is 17.9 Å². The molecule has 25 heavy (non-hydrogen) atoms. The van der Waals surface area contributed by atoms with Gasteiger partial charge >= 0.3 is 0 Å². The third kappa shape index (κ3) is 3.43. The van der Waals surface area contributed by atoms with E-state index in [1.807, 2.05) is 0 Å². The van der Waals surface area contributed by atoms with Crippen LogP contribution >= 0.6 is 10.8 Å². The van der Waals surface area contributed by atoms with Crippen LogP contribution in [-0.2, 0) is 0 Å². The molecule has 3 rings (SSSR count). The van der Waals surface area contributed by atoms with Gasteiger partial charge in [-0.2, -0.15) is 0 Å².